The number of rotatable bonds is 6. The second kappa shape index (κ2) is 10.2. The van der Waals surface area contributed by atoms with E-state index in [9.17, 15) is 13.2 Å². The zero-order chi connectivity index (χ0) is 24.3. The Labute approximate surface area is 203 Å². The van der Waals surface area contributed by atoms with Crippen molar-refractivity contribution in [2.24, 2.45) is 0 Å². The van der Waals surface area contributed by atoms with Crippen LogP contribution >= 0.6 is 0 Å². The lowest BCUT2D eigenvalue weighted by molar-refractivity contribution is -0.186. The van der Waals surface area contributed by atoms with Gasteiger partial charge in [0.15, 0.2) is 17.8 Å². The van der Waals surface area contributed by atoms with Crippen LogP contribution in [0.1, 0.15) is 29.8 Å². The topological polar surface area (TPSA) is 114 Å². The second-order valence-electron chi connectivity index (χ2n) is 8.52. The molecule has 11 heteroatoms. The smallest absolute Gasteiger partial charge is 0.295 e. The van der Waals surface area contributed by atoms with Crippen molar-refractivity contribution in [1.29, 1.82) is 0 Å². The molecule has 10 nitrogen and oxygen atoms in total. The van der Waals surface area contributed by atoms with E-state index < -0.39 is 22.2 Å². The first-order chi connectivity index (χ1) is 17.0. The average Bonchev–Trinajstić information content (AvgIpc) is 2.92. The summed E-state index contributed by atoms with van der Waals surface area (Å²) in [7, 11) is -3.60. The number of hydrogen-bond acceptors (Lipinski definition) is 8. The van der Waals surface area contributed by atoms with E-state index in [0.717, 1.165) is 30.0 Å². The molecular weight excluding hydrogens is 470 g/mol. The summed E-state index contributed by atoms with van der Waals surface area (Å²) in [6.45, 7) is 2.21. The zero-order valence-corrected chi connectivity index (χ0v) is 20.0. The van der Waals surface area contributed by atoms with Crippen LogP contribution in [0.5, 0.6) is 0 Å². The molecule has 1 amide bonds. The summed E-state index contributed by atoms with van der Waals surface area (Å²) in [5.74, 6) is 0.0883. The number of hydrogen-bond donors (Lipinski definition) is 1. The summed E-state index contributed by atoms with van der Waals surface area (Å²) in [6, 6.07) is 16.2. The van der Waals surface area contributed by atoms with Crippen molar-refractivity contribution in [2.45, 2.75) is 30.4 Å². The number of ether oxygens (including phenoxy) is 1. The van der Waals surface area contributed by atoms with Gasteiger partial charge in [0.2, 0.25) is 10.0 Å². The van der Waals surface area contributed by atoms with Crippen molar-refractivity contribution in [3.8, 4) is 0 Å². The second-order valence-corrected chi connectivity index (χ2v) is 10.5. The lowest BCUT2D eigenvalue weighted by Gasteiger charge is -2.34. The number of anilines is 1. The summed E-state index contributed by atoms with van der Waals surface area (Å²) < 4.78 is 33.3. The summed E-state index contributed by atoms with van der Waals surface area (Å²) in [5, 5.41) is 10.1. The quantitative estimate of drug-likeness (QED) is 0.516. The number of piperazine rings is 1. The minimum Gasteiger partial charge on any atom is -0.352 e. The minimum atomic E-state index is -3.60. The first-order valence-electron chi connectivity index (χ1n) is 11.7. The van der Waals surface area contributed by atoms with E-state index in [1.54, 1.807) is 24.3 Å². The van der Waals surface area contributed by atoms with Crippen LogP contribution in [0.2, 0.25) is 0 Å². The third kappa shape index (κ3) is 5.27. The summed E-state index contributed by atoms with van der Waals surface area (Å²) >= 11 is 0. The Hall–Kier alpha value is -3.12. The third-order valence-corrected chi connectivity index (χ3v) is 8.12. The predicted octanol–water partition coefficient (Wildman–Crippen LogP) is 2.33. The van der Waals surface area contributed by atoms with Crippen LogP contribution in [0.3, 0.4) is 0 Å². The highest BCUT2D eigenvalue weighted by Crippen LogP contribution is 2.24. The largest absolute Gasteiger partial charge is 0.352 e. The molecule has 2 aliphatic heterocycles. The van der Waals surface area contributed by atoms with E-state index in [4.69, 9.17) is 9.57 Å². The van der Waals surface area contributed by atoms with Gasteiger partial charge in [-0.15, -0.1) is 10.2 Å². The molecule has 0 saturated carbocycles. The van der Waals surface area contributed by atoms with Gasteiger partial charge in [-0.2, -0.15) is 4.31 Å². The maximum Gasteiger partial charge on any atom is 0.295 e. The predicted molar refractivity (Wildman–Crippen MR) is 129 cm³/mol. The molecule has 0 bridgehead atoms. The number of sulfonamides is 1. The number of aromatic nitrogens is 2. The monoisotopic (exact) mass is 497 g/mol. The standard InChI is InChI=1S/C24H27N5O5S/c30-24(27-34-23-7-3-4-16-33-23)21-10-11-22(26-25-21)28-12-14-29(15-13-28)35(31,32)20-9-8-18-5-1-2-6-19(18)17-20/h1-2,5-6,8-11,17,23H,3-4,7,12-16H2,(H,27,30). The Bertz CT molecular complexity index is 1290. The summed E-state index contributed by atoms with van der Waals surface area (Å²) in [6.07, 6.45) is 2.27. The lowest BCUT2D eigenvalue weighted by atomic mass is 10.1. The summed E-state index contributed by atoms with van der Waals surface area (Å²) in [5.41, 5.74) is 2.49. The van der Waals surface area contributed by atoms with E-state index in [1.165, 1.54) is 4.31 Å². The van der Waals surface area contributed by atoms with Crippen LogP contribution in [0, 0.1) is 0 Å². The highest BCUT2D eigenvalue weighted by atomic mass is 32.2. The van der Waals surface area contributed by atoms with Crippen molar-refractivity contribution in [3.63, 3.8) is 0 Å². The highest BCUT2D eigenvalue weighted by molar-refractivity contribution is 7.89. The van der Waals surface area contributed by atoms with Crippen molar-refractivity contribution in [2.75, 3.05) is 37.7 Å². The van der Waals surface area contributed by atoms with Crippen LogP contribution in [-0.2, 0) is 19.6 Å². The first-order valence-corrected chi connectivity index (χ1v) is 13.1. The van der Waals surface area contributed by atoms with Gasteiger partial charge in [-0.3, -0.25) is 4.79 Å². The number of carbonyl (C=O) groups excluding carboxylic acids is 1. The van der Waals surface area contributed by atoms with Crippen LogP contribution in [-0.4, -0.2) is 67.9 Å². The number of nitrogens with one attached hydrogen (secondary N) is 1. The van der Waals surface area contributed by atoms with Crippen molar-refractivity contribution in [3.05, 3.63) is 60.3 Å². The van der Waals surface area contributed by atoms with Crippen LogP contribution in [0.4, 0.5) is 5.82 Å². The molecule has 5 rings (SSSR count). The third-order valence-electron chi connectivity index (χ3n) is 6.23. The SMILES string of the molecule is O=C(NOC1CCCCO1)c1ccc(N2CCN(S(=O)(=O)c3ccc4ccccc4c3)CC2)nn1. The fraction of sp³-hybridized carbons (Fsp3) is 0.375. The maximum atomic E-state index is 13.2. The molecule has 2 aromatic carbocycles. The zero-order valence-electron chi connectivity index (χ0n) is 19.2. The van der Waals surface area contributed by atoms with Gasteiger partial charge < -0.3 is 9.64 Å². The minimum absolute atomic E-state index is 0.127. The molecule has 2 aliphatic rings. The van der Waals surface area contributed by atoms with Gasteiger partial charge in [0.05, 0.1) is 4.90 Å². The molecule has 184 valence electrons. The van der Waals surface area contributed by atoms with Gasteiger partial charge in [0.25, 0.3) is 5.91 Å². The molecule has 2 fully saturated rings. The van der Waals surface area contributed by atoms with Gasteiger partial charge in [0, 0.05) is 39.2 Å². The molecule has 0 aliphatic carbocycles. The molecule has 0 spiro atoms. The maximum absolute atomic E-state index is 13.2. The van der Waals surface area contributed by atoms with Gasteiger partial charge in [0.1, 0.15) is 0 Å². The number of benzene rings is 2. The highest BCUT2D eigenvalue weighted by Gasteiger charge is 2.29. The van der Waals surface area contributed by atoms with Crippen LogP contribution in [0.15, 0.2) is 59.5 Å². The number of nitrogens with zero attached hydrogens (tertiary/aromatic N) is 4. The van der Waals surface area contributed by atoms with E-state index in [-0.39, 0.29) is 5.69 Å². The van der Waals surface area contributed by atoms with Crippen molar-refractivity contribution in [1.82, 2.24) is 20.0 Å². The Morgan fingerprint density at radius 3 is 2.49 bits per heavy atom. The number of fused-ring (bicyclic) bond motifs is 1. The first kappa shape index (κ1) is 23.6. The van der Waals surface area contributed by atoms with Gasteiger partial charge in [-0.25, -0.2) is 18.7 Å². The molecule has 1 aromatic heterocycles. The fourth-order valence-corrected chi connectivity index (χ4v) is 5.68. The van der Waals surface area contributed by atoms with Crippen LogP contribution in [0.25, 0.3) is 10.8 Å². The van der Waals surface area contributed by atoms with E-state index in [0.29, 0.717) is 43.5 Å². The molecule has 1 unspecified atom stereocenters. The number of carbonyl (C=O) groups is 1. The summed E-state index contributed by atoms with van der Waals surface area (Å²) in [4.78, 5) is 19.8. The molecule has 1 N–H and O–H groups in total. The Morgan fingerprint density at radius 1 is 0.971 bits per heavy atom. The average molecular weight is 498 g/mol. The number of hydroxylamine groups is 1. The van der Waals surface area contributed by atoms with Gasteiger partial charge in [-0.05, 0) is 47.9 Å². The molecule has 0 radical (unpaired) electrons. The number of amides is 1. The normalized spacial score (nSPS) is 19.5. The van der Waals surface area contributed by atoms with Gasteiger partial charge in [-0.1, -0.05) is 30.3 Å². The van der Waals surface area contributed by atoms with E-state index in [1.807, 2.05) is 35.2 Å². The Morgan fingerprint density at radius 2 is 1.77 bits per heavy atom. The Kier molecular flexibility index (Phi) is 6.91. The van der Waals surface area contributed by atoms with E-state index >= 15 is 0 Å². The molecule has 35 heavy (non-hydrogen) atoms. The van der Waals surface area contributed by atoms with E-state index in [2.05, 4.69) is 15.7 Å². The van der Waals surface area contributed by atoms with Crippen LogP contribution < -0.4 is 10.4 Å². The van der Waals surface area contributed by atoms with Crippen molar-refractivity contribution < 1.29 is 22.8 Å². The molecule has 3 heterocycles. The molecule has 2 saturated heterocycles. The van der Waals surface area contributed by atoms with Gasteiger partial charge >= 0.3 is 0 Å². The molecule has 1 atom stereocenters. The molecule has 3 aromatic rings. The van der Waals surface area contributed by atoms with Crippen molar-refractivity contribution >= 4 is 32.5 Å². The fourth-order valence-electron chi connectivity index (χ4n) is 4.23. The lowest BCUT2D eigenvalue weighted by Crippen LogP contribution is -2.49. The molecular formula is C24H27N5O5S. The Balaban J connectivity index is 1.17.